The molecular weight excluding hydrogens is 219 g/mol. The number of nitrogens with two attached hydrogens (primary N) is 1. The Morgan fingerprint density at radius 1 is 1.38 bits per heavy atom. The molecule has 0 saturated carbocycles. The number of hydrogen-bond donors (Lipinski definition) is 2. The first-order valence-electron chi connectivity index (χ1n) is 4.94. The van der Waals surface area contributed by atoms with E-state index in [9.17, 15) is 13.2 Å². The number of alkyl halides is 3. The molecule has 0 spiro atoms. The van der Waals surface area contributed by atoms with Crippen molar-refractivity contribution in [3.63, 3.8) is 0 Å². The predicted molar refractivity (Wildman–Crippen MR) is 55.9 cm³/mol. The first-order chi connectivity index (χ1) is 7.30. The van der Waals surface area contributed by atoms with Gasteiger partial charge in [0.2, 0.25) is 0 Å². The molecule has 0 radical (unpaired) electrons. The number of hydrogen-bond acceptors (Lipinski definition) is 2. The minimum absolute atomic E-state index is 0.121. The Kier molecular flexibility index (Phi) is 3.80. The van der Waals surface area contributed by atoms with Gasteiger partial charge in [-0.1, -0.05) is 6.07 Å². The van der Waals surface area contributed by atoms with Crippen LogP contribution in [0.5, 0.6) is 0 Å². The summed E-state index contributed by atoms with van der Waals surface area (Å²) >= 11 is 0. The topological polar surface area (TPSA) is 46.2 Å². The number of nitrogen functional groups attached to an aromatic ring is 1. The van der Waals surface area contributed by atoms with E-state index < -0.39 is 17.8 Å². The van der Waals surface area contributed by atoms with Crippen molar-refractivity contribution in [3.05, 3.63) is 29.3 Å². The first-order valence-corrected chi connectivity index (χ1v) is 4.94. The number of aliphatic hydroxyl groups is 1. The highest BCUT2D eigenvalue weighted by Gasteiger charge is 2.30. The first kappa shape index (κ1) is 12.8. The van der Waals surface area contributed by atoms with E-state index in [0.717, 1.165) is 12.1 Å². The van der Waals surface area contributed by atoms with Crippen molar-refractivity contribution >= 4 is 5.69 Å². The summed E-state index contributed by atoms with van der Waals surface area (Å²) in [5.41, 5.74) is 5.53. The third-order valence-corrected chi connectivity index (χ3v) is 2.30. The van der Waals surface area contributed by atoms with Crippen LogP contribution in [-0.2, 0) is 12.6 Å². The molecule has 5 heteroatoms. The fourth-order valence-electron chi connectivity index (χ4n) is 1.36. The molecule has 1 aromatic rings. The molecule has 0 aliphatic rings. The van der Waals surface area contributed by atoms with E-state index >= 15 is 0 Å². The predicted octanol–water partition coefficient (Wildman–Crippen LogP) is 2.60. The number of rotatable bonds is 3. The molecular formula is C11H14F3NO. The van der Waals surface area contributed by atoms with E-state index in [1.54, 1.807) is 6.92 Å². The van der Waals surface area contributed by atoms with Gasteiger partial charge >= 0.3 is 6.18 Å². The van der Waals surface area contributed by atoms with Crippen LogP contribution < -0.4 is 5.73 Å². The molecule has 1 atom stereocenters. The Bertz CT molecular complexity index is 361. The molecule has 1 rings (SSSR count). The molecule has 0 fully saturated rings. The molecule has 1 aromatic carbocycles. The zero-order valence-electron chi connectivity index (χ0n) is 8.88. The van der Waals surface area contributed by atoms with Gasteiger partial charge in [0, 0.05) is 5.69 Å². The monoisotopic (exact) mass is 233 g/mol. The highest BCUT2D eigenvalue weighted by atomic mass is 19.4. The van der Waals surface area contributed by atoms with Gasteiger partial charge in [0.25, 0.3) is 0 Å². The van der Waals surface area contributed by atoms with Gasteiger partial charge < -0.3 is 10.8 Å². The lowest BCUT2D eigenvalue weighted by atomic mass is 10.0. The van der Waals surface area contributed by atoms with Gasteiger partial charge in [-0.05, 0) is 37.5 Å². The van der Waals surface area contributed by atoms with Gasteiger partial charge in [-0.2, -0.15) is 13.2 Å². The summed E-state index contributed by atoms with van der Waals surface area (Å²) in [5, 5.41) is 9.07. The molecule has 0 amide bonds. The Balaban J connectivity index is 2.84. The van der Waals surface area contributed by atoms with E-state index in [2.05, 4.69) is 0 Å². The molecule has 3 N–H and O–H groups in total. The van der Waals surface area contributed by atoms with Crippen LogP contribution in [0.1, 0.15) is 24.5 Å². The van der Waals surface area contributed by atoms with Crippen molar-refractivity contribution in [2.24, 2.45) is 0 Å². The van der Waals surface area contributed by atoms with Gasteiger partial charge in [-0.15, -0.1) is 0 Å². The fourth-order valence-corrected chi connectivity index (χ4v) is 1.36. The summed E-state index contributed by atoms with van der Waals surface area (Å²) in [6.45, 7) is 1.63. The molecule has 2 nitrogen and oxygen atoms in total. The maximum absolute atomic E-state index is 12.3. The highest BCUT2D eigenvalue weighted by Crippen LogP contribution is 2.31. The third-order valence-electron chi connectivity index (χ3n) is 2.30. The smallest absolute Gasteiger partial charge is 0.398 e. The van der Waals surface area contributed by atoms with E-state index in [1.165, 1.54) is 6.07 Å². The molecule has 0 unspecified atom stereocenters. The van der Waals surface area contributed by atoms with Crippen LogP contribution in [0.25, 0.3) is 0 Å². The van der Waals surface area contributed by atoms with Crippen LogP contribution in [0.4, 0.5) is 18.9 Å². The second-order valence-electron chi connectivity index (χ2n) is 3.80. The van der Waals surface area contributed by atoms with E-state index in [1.807, 2.05) is 0 Å². The zero-order chi connectivity index (χ0) is 12.3. The number of aliphatic hydroxyl groups excluding tert-OH is 1. The molecule has 0 heterocycles. The average molecular weight is 233 g/mol. The molecule has 16 heavy (non-hydrogen) atoms. The Hall–Kier alpha value is -1.23. The van der Waals surface area contributed by atoms with Gasteiger partial charge in [-0.25, -0.2) is 0 Å². The minimum atomic E-state index is -4.36. The molecule has 0 aromatic heterocycles. The van der Waals surface area contributed by atoms with E-state index in [-0.39, 0.29) is 5.69 Å². The van der Waals surface area contributed by atoms with E-state index in [0.29, 0.717) is 18.4 Å². The lowest BCUT2D eigenvalue weighted by molar-refractivity contribution is -0.137. The molecule has 90 valence electrons. The SMILES string of the molecule is C[C@@H](O)CCc1ccc(C(F)(F)F)cc1N. The third kappa shape index (κ3) is 3.41. The van der Waals surface area contributed by atoms with Gasteiger partial charge in [0.05, 0.1) is 11.7 Å². The van der Waals surface area contributed by atoms with Crippen molar-refractivity contribution < 1.29 is 18.3 Å². The van der Waals surface area contributed by atoms with Crippen LogP contribution in [-0.4, -0.2) is 11.2 Å². The molecule has 0 saturated heterocycles. The molecule has 0 bridgehead atoms. The standard InChI is InChI=1S/C11H14F3NO/c1-7(16)2-3-8-4-5-9(6-10(8)15)11(12,13)14/h4-7,16H,2-3,15H2,1H3/t7-/m1/s1. The lowest BCUT2D eigenvalue weighted by Crippen LogP contribution is -2.08. The second-order valence-corrected chi connectivity index (χ2v) is 3.80. The quantitative estimate of drug-likeness (QED) is 0.788. The van der Waals surface area contributed by atoms with Crippen molar-refractivity contribution in [2.45, 2.75) is 32.0 Å². The van der Waals surface area contributed by atoms with Crippen LogP contribution in [0.3, 0.4) is 0 Å². The Morgan fingerprint density at radius 2 is 2.00 bits per heavy atom. The van der Waals surface area contributed by atoms with Crippen LogP contribution in [0, 0.1) is 0 Å². The van der Waals surface area contributed by atoms with Gasteiger partial charge in [-0.3, -0.25) is 0 Å². The maximum atomic E-state index is 12.3. The highest BCUT2D eigenvalue weighted by molar-refractivity contribution is 5.49. The molecule has 0 aliphatic carbocycles. The van der Waals surface area contributed by atoms with Crippen LogP contribution in [0.2, 0.25) is 0 Å². The van der Waals surface area contributed by atoms with E-state index in [4.69, 9.17) is 10.8 Å². The van der Waals surface area contributed by atoms with Crippen molar-refractivity contribution in [3.8, 4) is 0 Å². The normalized spacial score (nSPS) is 13.8. The van der Waals surface area contributed by atoms with Crippen LogP contribution in [0.15, 0.2) is 18.2 Å². The van der Waals surface area contributed by atoms with Crippen molar-refractivity contribution in [1.82, 2.24) is 0 Å². The average Bonchev–Trinajstić information content (AvgIpc) is 2.14. The summed E-state index contributed by atoms with van der Waals surface area (Å²) in [4.78, 5) is 0. The number of halogens is 3. The van der Waals surface area contributed by atoms with Crippen molar-refractivity contribution in [2.75, 3.05) is 5.73 Å². The summed E-state index contributed by atoms with van der Waals surface area (Å²) in [6.07, 6.45) is -3.89. The minimum Gasteiger partial charge on any atom is -0.398 e. The lowest BCUT2D eigenvalue weighted by Gasteiger charge is -2.11. The summed E-state index contributed by atoms with van der Waals surface area (Å²) in [6, 6.07) is 3.30. The summed E-state index contributed by atoms with van der Waals surface area (Å²) in [5.74, 6) is 0. The van der Waals surface area contributed by atoms with Gasteiger partial charge in [0.15, 0.2) is 0 Å². The summed E-state index contributed by atoms with van der Waals surface area (Å²) < 4.78 is 37.0. The fraction of sp³-hybridized carbons (Fsp3) is 0.455. The number of anilines is 1. The number of aryl methyl sites for hydroxylation is 1. The Labute approximate surface area is 91.9 Å². The second kappa shape index (κ2) is 4.74. The largest absolute Gasteiger partial charge is 0.416 e. The zero-order valence-corrected chi connectivity index (χ0v) is 8.88. The maximum Gasteiger partial charge on any atom is 0.416 e. The number of benzene rings is 1. The molecule has 0 aliphatic heterocycles. The van der Waals surface area contributed by atoms with Crippen molar-refractivity contribution in [1.29, 1.82) is 0 Å². The van der Waals surface area contributed by atoms with Gasteiger partial charge in [0.1, 0.15) is 0 Å². The Morgan fingerprint density at radius 3 is 2.44 bits per heavy atom. The van der Waals surface area contributed by atoms with Crippen LogP contribution >= 0.6 is 0 Å². The summed E-state index contributed by atoms with van der Waals surface area (Å²) in [7, 11) is 0.